The molecular formula is C10H13NO6. The number of amides is 2. The average molecular weight is 243 g/mol. The SMILES string of the molecule is O=C1CC=C([C@@H]2O[C@H](CO)[C@@H](O)[C@H]2O)C(=O)N1. The smallest absolute Gasteiger partial charge is 0.256 e. The molecule has 0 aromatic rings. The van der Waals surface area contributed by atoms with Gasteiger partial charge in [-0.15, -0.1) is 0 Å². The molecule has 0 spiro atoms. The van der Waals surface area contributed by atoms with Crippen LogP contribution in [-0.2, 0) is 14.3 Å². The van der Waals surface area contributed by atoms with Gasteiger partial charge in [-0.25, -0.2) is 0 Å². The molecular weight excluding hydrogens is 230 g/mol. The van der Waals surface area contributed by atoms with Gasteiger partial charge in [0.25, 0.3) is 5.91 Å². The Balaban J connectivity index is 2.18. The van der Waals surface area contributed by atoms with Crippen molar-refractivity contribution in [2.45, 2.75) is 30.8 Å². The summed E-state index contributed by atoms with van der Waals surface area (Å²) in [4.78, 5) is 22.4. The van der Waals surface area contributed by atoms with Crippen LogP contribution in [0.3, 0.4) is 0 Å². The van der Waals surface area contributed by atoms with Crippen LogP contribution in [0.2, 0.25) is 0 Å². The first-order chi connectivity index (χ1) is 8.04. The van der Waals surface area contributed by atoms with Gasteiger partial charge in [0.15, 0.2) is 0 Å². The Hall–Kier alpha value is -1.28. The lowest BCUT2D eigenvalue weighted by Crippen LogP contribution is -2.42. The Morgan fingerprint density at radius 2 is 2.06 bits per heavy atom. The Kier molecular flexibility index (Phi) is 3.25. The van der Waals surface area contributed by atoms with Crippen LogP contribution in [0.15, 0.2) is 11.6 Å². The third-order valence-corrected chi connectivity index (χ3v) is 2.87. The van der Waals surface area contributed by atoms with Crippen LogP contribution in [0.4, 0.5) is 0 Å². The highest BCUT2D eigenvalue weighted by atomic mass is 16.6. The third-order valence-electron chi connectivity index (χ3n) is 2.87. The molecule has 2 aliphatic rings. The maximum absolute atomic E-state index is 11.5. The molecule has 17 heavy (non-hydrogen) atoms. The highest BCUT2D eigenvalue weighted by Gasteiger charge is 2.46. The molecule has 2 heterocycles. The summed E-state index contributed by atoms with van der Waals surface area (Å²) in [5, 5.41) is 30.2. The van der Waals surface area contributed by atoms with Gasteiger partial charge in [0.1, 0.15) is 24.4 Å². The zero-order valence-corrected chi connectivity index (χ0v) is 8.87. The molecule has 4 N–H and O–H groups in total. The van der Waals surface area contributed by atoms with Gasteiger partial charge < -0.3 is 20.1 Å². The number of aliphatic hydroxyl groups excluding tert-OH is 3. The van der Waals surface area contributed by atoms with E-state index in [4.69, 9.17) is 9.84 Å². The monoisotopic (exact) mass is 243 g/mol. The maximum atomic E-state index is 11.5. The number of imide groups is 1. The van der Waals surface area contributed by atoms with E-state index in [2.05, 4.69) is 5.32 Å². The first-order valence-corrected chi connectivity index (χ1v) is 5.21. The van der Waals surface area contributed by atoms with Crippen molar-refractivity contribution in [3.63, 3.8) is 0 Å². The first-order valence-electron chi connectivity index (χ1n) is 5.21. The van der Waals surface area contributed by atoms with Crippen LogP contribution in [0, 0.1) is 0 Å². The fourth-order valence-corrected chi connectivity index (χ4v) is 1.95. The van der Waals surface area contributed by atoms with Gasteiger partial charge in [-0.2, -0.15) is 0 Å². The summed E-state index contributed by atoms with van der Waals surface area (Å²) in [6.45, 7) is -0.456. The summed E-state index contributed by atoms with van der Waals surface area (Å²) in [6.07, 6.45) is -3.11. The zero-order valence-electron chi connectivity index (χ0n) is 8.87. The third kappa shape index (κ3) is 2.09. The van der Waals surface area contributed by atoms with Crippen LogP contribution in [-0.4, -0.2) is 58.2 Å². The van der Waals surface area contributed by atoms with E-state index in [1.807, 2.05) is 0 Å². The molecule has 1 saturated heterocycles. The van der Waals surface area contributed by atoms with E-state index in [9.17, 15) is 19.8 Å². The van der Waals surface area contributed by atoms with Crippen molar-refractivity contribution in [3.8, 4) is 0 Å². The van der Waals surface area contributed by atoms with Gasteiger partial charge in [0.2, 0.25) is 5.91 Å². The second kappa shape index (κ2) is 4.53. The molecule has 1 fully saturated rings. The molecule has 0 saturated carbocycles. The van der Waals surface area contributed by atoms with Gasteiger partial charge in [-0.3, -0.25) is 14.9 Å². The van der Waals surface area contributed by atoms with E-state index in [0.717, 1.165) is 0 Å². The summed E-state index contributed by atoms with van der Waals surface area (Å²) in [5.74, 6) is -1.07. The Bertz CT molecular complexity index is 379. The molecule has 0 aromatic carbocycles. The molecule has 0 aromatic heterocycles. The molecule has 2 aliphatic heterocycles. The van der Waals surface area contributed by atoms with Gasteiger partial charge >= 0.3 is 0 Å². The van der Waals surface area contributed by atoms with Crippen LogP contribution >= 0.6 is 0 Å². The normalized spacial score (nSPS) is 37.9. The minimum atomic E-state index is -1.29. The summed E-state index contributed by atoms with van der Waals surface area (Å²) < 4.78 is 5.19. The van der Waals surface area contributed by atoms with Gasteiger partial charge in [-0.1, -0.05) is 6.08 Å². The second-order valence-corrected chi connectivity index (χ2v) is 4.00. The van der Waals surface area contributed by atoms with E-state index in [0.29, 0.717) is 0 Å². The van der Waals surface area contributed by atoms with Crippen molar-refractivity contribution in [1.82, 2.24) is 5.32 Å². The highest BCUT2D eigenvalue weighted by Crippen LogP contribution is 2.27. The van der Waals surface area contributed by atoms with Crippen LogP contribution in [0.1, 0.15) is 6.42 Å². The Morgan fingerprint density at radius 1 is 1.35 bits per heavy atom. The molecule has 2 amide bonds. The predicted molar refractivity (Wildman–Crippen MR) is 53.6 cm³/mol. The quantitative estimate of drug-likeness (QED) is 0.396. The van der Waals surface area contributed by atoms with Gasteiger partial charge in [-0.05, 0) is 0 Å². The van der Waals surface area contributed by atoms with E-state index >= 15 is 0 Å². The molecule has 94 valence electrons. The van der Waals surface area contributed by atoms with Crippen molar-refractivity contribution >= 4 is 11.8 Å². The topological polar surface area (TPSA) is 116 Å². The Labute approximate surface area is 96.7 Å². The van der Waals surface area contributed by atoms with E-state index in [1.54, 1.807) is 0 Å². The van der Waals surface area contributed by atoms with Crippen molar-refractivity contribution in [3.05, 3.63) is 11.6 Å². The Morgan fingerprint density at radius 3 is 2.59 bits per heavy atom. The number of hydrogen-bond donors (Lipinski definition) is 4. The number of carbonyl (C=O) groups is 2. The van der Waals surface area contributed by atoms with Gasteiger partial charge in [0.05, 0.1) is 6.61 Å². The summed E-state index contributed by atoms with van der Waals surface area (Å²) in [5.41, 5.74) is 0.104. The van der Waals surface area contributed by atoms with Crippen LogP contribution in [0.25, 0.3) is 0 Å². The fourth-order valence-electron chi connectivity index (χ4n) is 1.95. The number of ether oxygens (including phenoxy) is 1. The molecule has 7 nitrogen and oxygen atoms in total. The largest absolute Gasteiger partial charge is 0.394 e. The lowest BCUT2D eigenvalue weighted by Gasteiger charge is -2.20. The van der Waals surface area contributed by atoms with Crippen LogP contribution < -0.4 is 5.32 Å². The van der Waals surface area contributed by atoms with Crippen molar-refractivity contribution in [1.29, 1.82) is 0 Å². The van der Waals surface area contributed by atoms with E-state index in [-0.39, 0.29) is 12.0 Å². The predicted octanol–water partition coefficient (Wildman–Crippen LogP) is -2.56. The van der Waals surface area contributed by atoms with E-state index < -0.39 is 42.8 Å². The van der Waals surface area contributed by atoms with Crippen LogP contribution in [0.5, 0.6) is 0 Å². The molecule has 0 radical (unpaired) electrons. The highest BCUT2D eigenvalue weighted by molar-refractivity contribution is 6.08. The number of aliphatic hydroxyl groups is 3. The standard InChI is InChI=1S/C10H13NO6/c12-3-5-7(14)8(15)9(17-5)4-1-2-6(13)11-10(4)16/h1,5,7-9,12,14-15H,2-3H2,(H,11,13,16)/t5-,7-,8-,9+/m1/s1. The molecule has 0 bridgehead atoms. The lowest BCUT2D eigenvalue weighted by atomic mass is 9.98. The van der Waals surface area contributed by atoms with E-state index in [1.165, 1.54) is 6.08 Å². The average Bonchev–Trinajstić information content (AvgIpc) is 2.57. The summed E-state index contributed by atoms with van der Waals surface area (Å²) >= 11 is 0. The number of carbonyl (C=O) groups excluding carboxylic acids is 2. The molecule has 0 unspecified atom stereocenters. The van der Waals surface area contributed by atoms with Crippen molar-refractivity contribution in [2.24, 2.45) is 0 Å². The number of hydrogen-bond acceptors (Lipinski definition) is 6. The molecule has 7 heteroatoms. The number of nitrogens with one attached hydrogen (secondary N) is 1. The molecule has 2 rings (SSSR count). The molecule has 0 aliphatic carbocycles. The van der Waals surface area contributed by atoms with Crippen molar-refractivity contribution < 1.29 is 29.6 Å². The first kappa shape index (κ1) is 12.2. The second-order valence-electron chi connectivity index (χ2n) is 4.00. The lowest BCUT2D eigenvalue weighted by molar-refractivity contribution is -0.130. The number of rotatable bonds is 2. The summed E-state index contributed by atoms with van der Waals surface area (Å²) in [7, 11) is 0. The minimum Gasteiger partial charge on any atom is -0.394 e. The summed E-state index contributed by atoms with van der Waals surface area (Å²) in [6, 6.07) is 0. The fraction of sp³-hybridized carbons (Fsp3) is 0.600. The molecule has 4 atom stereocenters. The maximum Gasteiger partial charge on any atom is 0.256 e. The van der Waals surface area contributed by atoms with Gasteiger partial charge in [0, 0.05) is 12.0 Å². The van der Waals surface area contributed by atoms with Crippen molar-refractivity contribution in [2.75, 3.05) is 6.61 Å². The minimum absolute atomic E-state index is 0.0214. The zero-order chi connectivity index (χ0) is 12.6.